The lowest BCUT2D eigenvalue weighted by atomic mass is 10.1. The number of anilines is 2. The molecule has 0 spiro atoms. The number of benzene rings is 1. The van der Waals surface area contributed by atoms with Crippen LogP contribution in [0.1, 0.15) is 15.9 Å². The van der Waals surface area contributed by atoms with Crippen LogP contribution in [0.15, 0.2) is 36.5 Å². The molecule has 0 saturated heterocycles. The fourth-order valence-corrected chi connectivity index (χ4v) is 1.84. The van der Waals surface area contributed by atoms with Gasteiger partial charge < -0.3 is 10.4 Å². The molecule has 0 atom stereocenters. The second kappa shape index (κ2) is 5.61. The molecule has 8 heteroatoms. The van der Waals surface area contributed by atoms with Gasteiger partial charge in [0.05, 0.1) is 11.3 Å². The summed E-state index contributed by atoms with van der Waals surface area (Å²) in [6, 6.07) is 5.75. The van der Waals surface area contributed by atoms with Crippen molar-refractivity contribution in [1.29, 1.82) is 0 Å². The van der Waals surface area contributed by atoms with Crippen LogP contribution in [0.4, 0.5) is 24.7 Å². The summed E-state index contributed by atoms with van der Waals surface area (Å²) in [5, 5.41) is 11.3. The lowest BCUT2D eigenvalue weighted by Gasteiger charge is -2.15. The Hall–Kier alpha value is -2.28. The minimum atomic E-state index is -4.63. The van der Waals surface area contributed by atoms with E-state index < -0.39 is 17.7 Å². The zero-order valence-electron chi connectivity index (χ0n) is 10.3. The summed E-state index contributed by atoms with van der Waals surface area (Å²) in [6.45, 7) is 0. The molecule has 0 fully saturated rings. The first kappa shape index (κ1) is 15.1. The highest BCUT2D eigenvalue weighted by Crippen LogP contribution is 2.37. The third-order valence-electron chi connectivity index (χ3n) is 2.58. The molecule has 2 aromatic rings. The summed E-state index contributed by atoms with van der Waals surface area (Å²) >= 11 is 5.57. The minimum Gasteiger partial charge on any atom is -0.478 e. The van der Waals surface area contributed by atoms with Crippen molar-refractivity contribution in [1.82, 2.24) is 4.98 Å². The van der Waals surface area contributed by atoms with Crippen molar-refractivity contribution >= 4 is 29.1 Å². The third kappa shape index (κ3) is 3.43. The molecule has 110 valence electrons. The van der Waals surface area contributed by atoms with Gasteiger partial charge >= 0.3 is 12.1 Å². The summed E-state index contributed by atoms with van der Waals surface area (Å²) in [4.78, 5) is 14.8. The van der Waals surface area contributed by atoms with E-state index in [1.165, 1.54) is 24.4 Å². The molecule has 4 nitrogen and oxygen atoms in total. The van der Waals surface area contributed by atoms with Crippen molar-refractivity contribution in [2.24, 2.45) is 0 Å². The number of halogens is 4. The Labute approximate surface area is 122 Å². The molecular formula is C13H8ClF3N2O2. The minimum absolute atomic E-state index is 0.0765. The van der Waals surface area contributed by atoms with Crippen LogP contribution in [0.2, 0.25) is 5.02 Å². The number of hydrogen-bond donors (Lipinski definition) is 2. The van der Waals surface area contributed by atoms with Crippen LogP contribution in [0.25, 0.3) is 0 Å². The van der Waals surface area contributed by atoms with Gasteiger partial charge in [0, 0.05) is 11.2 Å². The van der Waals surface area contributed by atoms with Gasteiger partial charge in [-0.3, -0.25) is 0 Å². The Morgan fingerprint density at radius 3 is 2.62 bits per heavy atom. The van der Waals surface area contributed by atoms with E-state index in [9.17, 15) is 18.0 Å². The lowest BCUT2D eigenvalue weighted by molar-refractivity contribution is -0.136. The van der Waals surface area contributed by atoms with Gasteiger partial charge in [0.1, 0.15) is 11.4 Å². The number of alkyl halides is 3. The molecule has 0 unspecified atom stereocenters. The van der Waals surface area contributed by atoms with Gasteiger partial charge in [-0.25, -0.2) is 9.78 Å². The molecule has 2 N–H and O–H groups in total. The van der Waals surface area contributed by atoms with Gasteiger partial charge in [0.2, 0.25) is 0 Å². The topological polar surface area (TPSA) is 62.2 Å². The van der Waals surface area contributed by atoms with Gasteiger partial charge in [-0.15, -0.1) is 0 Å². The van der Waals surface area contributed by atoms with Crippen molar-refractivity contribution in [3.05, 3.63) is 52.7 Å². The average molecular weight is 317 g/mol. The number of carbonyl (C=O) groups is 1. The molecule has 21 heavy (non-hydrogen) atoms. The Kier molecular flexibility index (Phi) is 4.04. The van der Waals surface area contributed by atoms with Crippen molar-refractivity contribution < 1.29 is 23.1 Å². The van der Waals surface area contributed by atoms with Crippen molar-refractivity contribution in [2.75, 3.05) is 5.32 Å². The number of aromatic carboxylic acids is 1. The number of hydrogen-bond acceptors (Lipinski definition) is 3. The lowest BCUT2D eigenvalue weighted by Crippen LogP contribution is -2.11. The number of nitrogens with zero attached hydrogens (tertiary/aromatic N) is 1. The normalized spacial score (nSPS) is 11.2. The molecular weight excluding hydrogens is 309 g/mol. The second-order valence-electron chi connectivity index (χ2n) is 4.02. The summed E-state index contributed by atoms with van der Waals surface area (Å²) in [7, 11) is 0. The monoisotopic (exact) mass is 316 g/mol. The van der Waals surface area contributed by atoms with Gasteiger partial charge in [-0.2, -0.15) is 13.2 Å². The second-order valence-corrected chi connectivity index (χ2v) is 4.45. The van der Waals surface area contributed by atoms with Crippen LogP contribution < -0.4 is 5.32 Å². The maximum absolute atomic E-state index is 13.0. The highest BCUT2D eigenvalue weighted by molar-refractivity contribution is 6.30. The van der Waals surface area contributed by atoms with Gasteiger partial charge in [-0.05, 0) is 30.3 Å². The van der Waals surface area contributed by atoms with E-state index in [1.54, 1.807) is 0 Å². The first-order valence-electron chi connectivity index (χ1n) is 5.61. The van der Waals surface area contributed by atoms with E-state index in [2.05, 4.69) is 10.3 Å². The SMILES string of the molecule is O=C(O)c1cccnc1Nc1ccc(Cl)cc1C(F)(F)F. The van der Waals surface area contributed by atoms with E-state index in [0.29, 0.717) is 0 Å². The standard InChI is InChI=1S/C13H8ClF3N2O2/c14-7-3-4-10(9(6-7)13(15,16)17)19-11-8(12(20)21)2-1-5-18-11/h1-6H,(H,18,19)(H,20,21). The van der Waals surface area contributed by atoms with E-state index in [-0.39, 0.29) is 22.1 Å². The Balaban J connectivity index is 2.48. The summed E-state index contributed by atoms with van der Waals surface area (Å²) in [5.74, 6) is -1.48. The van der Waals surface area contributed by atoms with Crippen LogP contribution in [0.5, 0.6) is 0 Å². The molecule has 0 aliphatic rings. The first-order valence-corrected chi connectivity index (χ1v) is 5.99. The van der Waals surface area contributed by atoms with Gasteiger partial charge in [-0.1, -0.05) is 11.6 Å². The van der Waals surface area contributed by atoms with Crippen LogP contribution in [0.3, 0.4) is 0 Å². The van der Waals surface area contributed by atoms with Crippen LogP contribution in [-0.4, -0.2) is 16.1 Å². The molecule has 0 amide bonds. The van der Waals surface area contributed by atoms with E-state index in [0.717, 1.165) is 12.1 Å². The average Bonchev–Trinajstić information content (AvgIpc) is 2.40. The van der Waals surface area contributed by atoms with Crippen LogP contribution >= 0.6 is 11.6 Å². The smallest absolute Gasteiger partial charge is 0.418 e. The number of carboxylic acids is 1. The Morgan fingerprint density at radius 2 is 2.00 bits per heavy atom. The Bertz CT molecular complexity index is 689. The molecule has 0 radical (unpaired) electrons. The van der Waals surface area contributed by atoms with Crippen LogP contribution in [-0.2, 0) is 6.18 Å². The quantitative estimate of drug-likeness (QED) is 0.891. The largest absolute Gasteiger partial charge is 0.478 e. The predicted octanol–water partition coefficient (Wildman–Crippen LogP) is 4.20. The summed E-state index contributed by atoms with van der Waals surface area (Å²) in [5.41, 5.74) is -1.56. The highest BCUT2D eigenvalue weighted by Gasteiger charge is 2.34. The molecule has 0 saturated carbocycles. The molecule has 1 aromatic carbocycles. The Morgan fingerprint density at radius 1 is 1.29 bits per heavy atom. The van der Waals surface area contributed by atoms with Crippen molar-refractivity contribution in [3.8, 4) is 0 Å². The number of rotatable bonds is 3. The zero-order chi connectivity index (χ0) is 15.6. The number of pyridine rings is 1. The zero-order valence-corrected chi connectivity index (χ0v) is 11.0. The summed E-state index contributed by atoms with van der Waals surface area (Å²) < 4.78 is 38.9. The number of carboxylic acid groups (broad SMARTS) is 1. The number of nitrogens with one attached hydrogen (secondary N) is 1. The maximum atomic E-state index is 13.0. The van der Waals surface area contributed by atoms with Crippen LogP contribution in [0, 0.1) is 0 Å². The molecule has 1 heterocycles. The molecule has 0 bridgehead atoms. The van der Waals surface area contributed by atoms with Crippen molar-refractivity contribution in [2.45, 2.75) is 6.18 Å². The third-order valence-corrected chi connectivity index (χ3v) is 2.81. The fraction of sp³-hybridized carbons (Fsp3) is 0.0769. The number of aromatic nitrogens is 1. The predicted molar refractivity (Wildman–Crippen MR) is 70.9 cm³/mol. The highest BCUT2D eigenvalue weighted by atomic mass is 35.5. The molecule has 2 rings (SSSR count). The van der Waals surface area contributed by atoms with Gasteiger partial charge in [0.15, 0.2) is 0 Å². The molecule has 1 aromatic heterocycles. The summed E-state index contributed by atoms with van der Waals surface area (Å²) in [6.07, 6.45) is -3.36. The van der Waals surface area contributed by atoms with Crippen molar-refractivity contribution in [3.63, 3.8) is 0 Å². The molecule has 0 aliphatic carbocycles. The van der Waals surface area contributed by atoms with Gasteiger partial charge in [0.25, 0.3) is 0 Å². The van der Waals surface area contributed by atoms with E-state index in [1.807, 2.05) is 0 Å². The first-order chi connectivity index (χ1) is 9.79. The maximum Gasteiger partial charge on any atom is 0.418 e. The van der Waals surface area contributed by atoms with E-state index >= 15 is 0 Å². The van der Waals surface area contributed by atoms with E-state index in [4.69, 9.17) is 16.7 Å². The fourth-order valence-electron chi connectivity index (χ4n) is 1.67. The molecule has 0 aliphatic heterocycles.